The van der Waals surface area contributed by atoms with Crippen LogP contribution in [0.4, 0.5) is 5.69 Å². The molecule has 0 saturated heterocycles. The van der Waals surface area contributed by atoms with E-state index in [1.54, 1.807) is 50.5 Å². The van der Waals surface area contributed by atoms with E-state index in [1.807, 2.05) is 13.8 Å². The minimum Gasteiger partial charge on any atom is -0.484 e. The summed E-state index contributed by atoms with van der Waals surface area (Å²) in [4.78, 5) is 29.3. The van der Waals surface area contributed by atoms with Gasteiger partial charge in [-0.2, -0.15) is 0 Å². The van der Waals surface area contributed by atoms with E-state index in [9.17, 15) is 9.59 Å². The van der Waals surface area contributed by atoms with Crippen molar-refractivity contribution in [1.29, 1.82) is 0 Å². The van der Waals surface area contributed by atoms with Crippen molar-refractivity contribution in [1.82, 2.24) is 9.88 Å². The van der Waals surface area contributed by atoms with Gasteiger partial charge in [0.15, 0.2) is 6.61 Å². The Balaban J connectivity index is 1.91. The van der Waals surface area contributed by atoms with E-state index in [1.165, 1.54) is 11.1 Å². The Labute approximate surface area is 152 Å². The van der Waals surface area contributed by atoms with Crippen LogP contribution in [0.1, 0.15) is 24.2 Å². The fraction of sp³-hybridized carbons (Fsp3) is 0.316. The molecule has 0 fully saturated rings. The molecule has 1 aromatic heterocycles. The van der Waals surface area contributed by atoms with Gasteiger partial charge in [0.1, 0.15) is 5.75 Å². The second-order valence-electron chi connectivity index (χ2n) is 6.11. The molecule has 26 heavy (non-hydrogen) atoms. The van der Waals surface area contributed by atoms with Gasteiger partial charge in [0.25, 0.3) is 11.8 Å². The first-order valence-electron chi connectivity index (χ1n) is 8.22. The predicted octanol–water partition coefficient (Wildman–Crippen LogP) is 2.59. The topological polar surface area (TPSA) is 80.8 Å². The Kier molecular flexibility index (Phi) is 6.54. The molecule has 0 atom stereocenters. The van der Waals surface area contributed by atoms with Gasteiger partial charge in [-0.15, -0.1) is 0 Å². The number of pyridine rings is 1. The highest BCUT2D eigenvalue weighted by atomic mass is 16.5. The maximum atomic E-state index is 12.2. The number of nitrogens with one attached hydrogen (secondary N) is 1. The molecule has 0 spiro atoms. The number of amides is 2. The first-order chi connectivity index (χ1) is 12.3. The van der Waals surface area contributed by atoms with Gasteiger partial charge >= 0.3 is 0 Å². The Morgan fingerprint density at radius 1 is 1.12 bits per heavy atom. The number of aromatic nitrogens is 1. The average molecular weight is 357 g/mol. The number of anilines is 1. The van der Waals surface area contributed by atoms with Crippen molar-refractivity contribution in [3.8, 4) is 11.6 Å². The van der Waals surface area contributed by atoms with Gasteiger partial charge in [-0.25, -0.2) is 4.98 Å². The number of carbonyl (C=O) groups excluding carboxylic acids is 2. The van der Waals surface area contributed by atoms with Crippen LogP contribution in [-0.4, -0.2) is 48.5 Å². The van der Waals surface area contributed by atoms with Gasteiger partial charge in [0, 0.05) is 32.0 Å². The Morgan fingerprint density at radius 3 is 2.35 bits per heavy atom. The minimum atomic E-state index is -0.273. The average Bonchev–Trinajstić information content (AvgIpc) is 2.60. The lowest BCUT2D eigenvalue weighted by atomic mass is 10.2. The number of nitrogens with zero attached hydrogens (tertiary/aromatic N) is 2. The number of likely N-dealkylation sites (N-methyl/N-ethyl adjacent to an activating group) is 1. The van der Waals surface area contributed by atoms with Gasteiger partial charge in [0.2, 0.25) is 5.88 Å². The number of hydrogen-bond donors (Lipinski definition) is 1. The van der Waals surface area contributed by atoms with E-state index in [4.69, 9.17) is 9.47 Å². The minimum absolute atomic E-state index is 0.0240. The second-order valence-corrected chi connectivity index (χ2v) is 6.11. The SMILES string of the molecule is CC(C)Oc1ccc(C(=O)Nc2ccc(OCC(=O)N(C)C)cc2)cn1. The standard InChI is InChI=1S/C19H23N3O4/c1-13(2)26-17-10-5-14(11-20-17)19(24)21-15-6-8-16(9-7-15)25-12-18(23)22(3)4/h5-11,13H,12H2,1-4H3,(H,21,24). The Hall–Kier alpha value is -3.09. The second kappa shape index (κ2) is 8.84. The van der Waals surface area contributed by atoms with Crippen molar-refractivity contribution in [2.24, 2.45) is 0 Å². The highest BCUT2D eigenvalue weighted by molar-refractivity contribution is 6.04. The van der Waals surface area contributed by atoms with Crippen molar-refractivity contribution < 1.29 is 19.1 Å². The third-order valence-electron chi connectivity index (χ3n) is 3.33. The zero-order chi connectivity index (χ0) is 19.1. The van der Waals surface area contributed by atoms with Crippen LogP contribution in [0, 0.1) is 0 Å². The summed E-state index contributed by atoms with van der Waals surface area (Å²) in [7, 11) is 3.33. The third kappa shape index (κ3) is 5.77. The fourth-order valence-electron chi connectivity index (χ4n) is 1.94. The summed E-state index contributed by atoms with van der Waals surface area (Å²) in [5, 5.41) is 2.78. The first-order valence-corrected chi connectivity index (χ1v) is 8.22. The molecule has 2 aromatic rings. The first kappa shape index (κ1) is 19.2. The zero-order valence-corrected chi connectivity index (χ0v) is 15.4. The van der Waals surface area contributed by atoms with E-state index in [-0.39, 0.29) is 24.5 Å². The molecule has 2 rings (SSSR count). The van der Waals surface area contributed by atoms with Crippen molar-refractivity contribution in [3.63, 3.8) is 0 Å². The number of hydrogen-bond acceptors (Lipinski definition) is 5. The molecule has 0 aliphatic rings. The third-order valence-corrected chi connectivity index (χ3v) is 3.33. The molecular formula is C19H23N3O4. The van der Waals surface area contributed by atoms with Crippen molar-refractivity contribution in [2.75, 3.05) is 26.0 Å². The molecule has 0 saturated carbocycles. The Morgan fingerprint density at radius 2 is 1.81 bits per heavy atom. The van der Waals surface area contributed by atoms with Crippen LogP contribution in [0.25, 0.3) is 0 Å². The van der Waals surface area contributed by atoms with E-state index < -0.39 is 0 Å². The van der Waals surface area contributed by atoms with E-state index in [2.05, 4.69) is 10.3 Å². The molecule has 1 N–H and O–H groups in total. The zero-order valence-electron chi connectivity index (χ0n) is 15.4. The number of ether oxygens (including phenoxy) is 2. The quantitative estimate of drug-likeness (QED) is 0.824. The summed E-state index contributed by atoms with van der Waals surface area (Å²) in [6, 6.07) is 10.1. The smallest absolute Gasteiger partial charge is 0.259 e. The largest absolute Gasteiger partial charge is 0.484 e. The molecule has 1 aromatic carbocycles. The monoisotopic (exact) mass is 357 g/mol. The van der Waals surface area contributed by atoms with Crippen LogP contribution < -0.4 is 14.8 Å². The maximum Gasteiger partial charge on any atom is 0.259 e. The molecule has 1 heterocycles. The fourth-order valence-corrected chi connectivity index (χ4v) is 1.94. The number of benzene rings is 1. The molecule has 138 valence electrons. The summed E-state index contributed by atoms with van der Waals surface area (Å²) in [5.41, 5.74) is 1.04. The van der Waals surface area contributed by atoms with Crippen molar-refractivity contribution >= 4 is 17.5 Å². The van der Waals surface area contributed by atoms with Crippen LogP contribution >= 0.6 is 0 Å². The van der Waals surface area contributed by atoms with Gasteiger partial charge < -0.3 is 19.7 Å². The molecule has 0 bridgehead atoms. The highest BCUT2D eigenvalue weighted by Crippen LogP contribution is 2.17. The van der Waals surface area contributed by atoms with Crippen LogP contribution in [0.5, 0.6) is 11.6 Å². The summed E-state index contributed by atoms with van der Waals surface area (Å²) in [5.74, 6) is 0.630. The predicted molar refractivity (Wildman–Crippen MR) is 98.6 cm³/mol. The van der Waals surface area contributed by atoms with E-state index in [0.717, 1.165) is 0 Å². The van der Waals surface area contributed by atoms with E-state index in [0.29, 0.717) is 22.9 Å². The van der Waals surface area contributed by atoms with Crippen LogP contribution in [0.15, 0.2) is 42.6 Å². The van der Waals surface area contributed by atoms with Gasteiger partial charge in [-0.05, 0) is 44.2 Å². The summed E-state index contributed by atoms with van der Waals surface area (Å²) in [6.45, 7) is 3.79. The van der Waals surface area contributed by atoms with Crippen molar-refractivity contribution in [2.45, 2.75) is 20.0 Å². The lowest BCUT2D eigenvalue weighted by Crippen LogP contribution is -2.27. The molecule has 2 amide bonds. The van der Waals surface area contributed by atoms with Crippen LogP contribution in [0.2, 0.25) is 0 Å². The highest BCUT2D eigenvalue weighted by Gasteiger charge is 2.09. The van der Waals surface area contributed by atoms with Gasteiger partial charge in [-0.1, -0.05) is 0 Å². The van der Waals surface area contributed by atoms with Gasteiger partial charge in [-0.3, -0.25) is 9.59 Å². The molecule has 0 radical (unpaired) electrons. The number of rotatable bonds is 7. The van der Waals surface area contributed by atoms with Crippen molar-refractivity contribution in [3.05, 3.63) is 48.2 Å². The Bertz CT molecular complexity index is 740. The normalized spacial score (nSPS) is 10.3. The summed E-state index contributed by atoms with van der Waals surface area (Å²) >= 11 is 0. The lowest BCUT2D eigenvalue weighted by molar-refractivity contribution is -0.130. The van der Waals surface area contributed by atoms with Gasteiger partial charge in [0.05, 0.1) is 11.7 Å². The molecular weight excluding hydrogens is 334 g/mol. The number of carbonyl (C=O) groups is 2. The van der Waals surface area contributed by atoms with E-state index >= 15 is 0 Å². The molecule has 0 aliphatic carbocycles. The van der Waals surface area contributed by atoms with Crippen LogP contribution in [-0.2, 0) is 4.79 Å². The molecule has 0 unspecified atom stereocenters. The van der Waals surface area contributed by atoms with Crippen LogP contribution in [0.3, 0.4) is 0 Å². The lowest BCUT2D eigenvalue weighted by Gasteiger charge is -2.12. The summed E-state index contributed by atoms with van der Waals surface area (Å²) in [6.07, 6.45) is 1.49. The molecule has 7 heteroatoms. The summed E-state index contributed by atoms with van der Waals surface area (Å²) < 4.78 is 10.8. The molecule has 0 aliphatic heterocycles. The molecule has 7 nitrogen and oxygen atoms in total. The maximum absolute atomic E-state index is 12.2.